The maximum absolute atomic E-state index is 9.51. The van der Waals surface area contributed by atoms with Gasteiger partial charge in [-0.25, -0.2) is 9.79 Å². The van der Waals surface area contributed by atoms with Crippen molar-refractivity contribution >= 4 is 6.08 Å². The van der Waals surface area contributed by atoms with Crippen LogP contribution in [0.4, 0.5) is 0 Å². The van der Waals surface area contributed by atoms with Gasteiger partial charge in [-0.1, -0.05) is 25.5 Å². The van der Waals surface area contributed by atoms with Gasteiger partial charge in [-0.05, 0) is 6.42 Å². The minimum atomic E-state index is 0.476. The molecule has 0 amide bonds. The zero-order chi connectivity index (χ0) is 6.95. The second kappa shape index (κ2) is 7.12. The van der Waals surface area contributed by atoms with E-state index in [4.69, 9.17) is 0 Å². The third-order valence-corrected chi connectivity index (χ3v) is 0.883. The molecular weight excluding hydrogens is 114 g/mol. The Morgan fingerprint density at radius 3 is 2.89 bits per heavy atom. The lowest BCUT2D eigenvalue weighted by atomic mass is 10.3. The van der Waals surface area contributed by atoms with Crippen LogP contribution < -0.4 is 0 Å². The Bertz CT molecular complexity index is 123. The van der Waals surface area contributed by atoms with E-state index in [0.29, 0.717) is 6.54 Å². The lowest BCUT2D eigenvalue weighted by molar-refractivity contribution is 0.564. The van der Waals surface area contributed by atoms with E-state index < -0.39 is 0 Å². The van der Waals surface area contributed by atoms with Crippen LogP contribution in [0.25, 0.3) is 0 Å². The Morgan fingerprint density at radius 2 is 2.33 bits per heavy atom. The molecule has 0 aromatic carbocycles. The van der Waals surface area contributed by atoms with Crippen LogP contribution in [0.2, 0.25) is 0 Å². The second-order valence-electron chi connectivity index (χ2n) is 1.69. The van der Waals surface area contributed by atoms with E-state index in [1.165, 1.54) is 6.08 Å². The van der Waals surface area contributed by atoms with Crippen molar-refractivity contribution in [3.05, 3.63) is 12.2 Å². The van der Waals surface area contributed by atoms with Crippen molar-refractivity contribution in [1.29, 1.82) is 0 Å². The first-order chi connectivity index (χ1) is 4.41. The standard InChI is InChI=1S/C7H11NO/c1-2-3-4-5-6-8-7-9/h4-5H,2-3,6H2,1H3/b5-4-. The number of hydrogen-bond acceptors (Lipinski definition) is 2. The molecule has 0 heterocycles. The van der Waals surface area contributed by atoms with Crippen LogP contribution >= 0.6 is 0 Å². The zero-order valence-electron chi connectivity index (χ0n) is 5.63. The van der Waals surface area contributed by atoms with E-state index in [0.717, 1.165) is 12.8 Å². The van der Waals surface area contributed by atoms with Crippen LogP contribution in [0.5, 0.6) is 0 Å². The highest BCUT2D eigenvalue weighted by atomic mass is 16.1. The molecule has 0 spiro atoms. The van der Waals surface area contributed by atoms with Gasteiger partial charge < -0.3 is 0 Å². The van der Waals surface area contributed by atoms with Crippen molar-refractivity contribution in [1.82, 2.24) is 0 Å². The molecule has 2 heteroatoms. The molecule has 0 N–H and O–H groups in total. The minimum absolute atomic E-state index is 0.476. The normalized spacial score (nSPS) is 9.44. The topological polar surface area (TPSA) is 29.4 Å². The lowest BCUT2D eigenvalue weighted by Gasteiger charge is -1.80. The van der Waals surface area contributed by atoms with Gasteiger partial charge in [0.25, 0.3) is 0 Å². The number of rotatable bonds is 4. The molecule has 0 bridgehead atoms. The van der Waals surface area contributed by atoms with Gasteiger partial charge >= 0.3 is 0 Å². The average Bonchev–Trinajstić information content (AvgIpc) is 1.89. The Hall–Kier alpha value is -0.880. The van der Waals surface area contributed by atoms with Gasteiger partial charge in [0.2, 0.25) is 6.08 Å². The van der Waals surface area contributed by atoms with E-state index in [-0.39, 0.29) is 0 Å². The Kier molecular flexibility index (Phi) is 6.42. The smallest absolute Gasteiger partial charge is 0.211 e. The van der Waals surface area contributed by atoms with Crippen molar-refractivity contribution in [3.8, 4) is 0 Å². The van der Waals surface area contributed by atoms with Crippen molar-refractivity contribution in [2.24, 2.45) is 4.99 Å². The molecular formula is C7H11NO. The van der Waals surface area contributed by atoms with Gasteiger partial charge in [0, 0.05) is 0 Å². The second-order valence-corrected chi connectivity index (χ2v) is 1.69. The summed E-state index contributed by atoms with van der Waals surface area (Å²) >= 11 is 0. The first-order valence-corrected chi connectivity index (χ1v) is 3.10. The third-order valence-electron chi connectivity index (χ3n) is 0.883. The Morgan fingerprint density at radius 1 is 1.56 bits per heavy atom. The van der Waals surface area contributed by atoms with E-state index in [1.54, 1.807) is 0 Å². The van der Waals surface area contributed by atoms with Crippen LogP contribution in [-0.2, 0) is 4.79 Å². The van der Waals surface area contributed by atoms with Crippen LogP contribution in [0.15, 0.2) is 17.1 Å². The third kappa shape index (κ3) is 7.12. The van der Waals surface area contributed by atoms with Gasteiger partial charge in [-0.2, -0.15) is 0 Å². The van der Waals surface area contributed by atoms with Gasteiger partial charge in [0.15, 0.2) is 0 Å². The van der Waals surface area contributed by atoms with Gasteiger partial charge in [0.1, 0.15) is 0 Å². The Balaban J connectivity index is 3.14. The summed E-state index contributed by atoms with van der Waals surface area (Å²) in [7, 11) is 0. The lowest BCUT2D eigenvalue weighted by Crippen LogP contribution is -1.69. The summed E-state index contributed by atoms with van der Waals surface area (Å²) in [4.78, 5) is 12.9. The summed E-state index contributed by atoms with van der Waals surface area (Å²) in [5.74, 6) is 0. The quantitative estimate of drug-likeness (QED) is 0.319. The summed E-state index contributed by atoms with van der Waals surface area (Å²) in [6.45, 7) is 2.58. The zero-order valence-corrected chi connectivity index (χ0v) is 5.63. The van der Waals surface area contributed by atoms with Crippen LogP contribution in [0, 0.1) is 0 Å². The molecule has 0 aromatic heterocycles. The summed E-state index contributed by atoms with van der Waals surface area (Å²) in [6.07, 6.45) is 7.56. The SMILES string of the molecule is CCC/C=C\CN=C=O. The maximum atomic E-state index is 9.51. The Labute approximate surface area is 55.3 Å². The van der Waals surface area contributed by atoms with Crippen molar-refractivity contribution < 1.29 is 4.79 Å². The molecule has 50 valence electrons. The molecule has 0 radical (unpaired) electrons. The molecule has 9 heavy (non-hydrogen) atoms. The van der Waals surface area contributed by atoms with E-state index in [2.05, 4.69) is 11.9 Å². The molecule has 0 aliphatic rings. The van der Waals surface area contributed by atoms with Crippen LogP contribution in [-0.4, -0.2) is 12.6 Å². The minimum Gasteiger partial charge on any atom is -0.211 e. The molecule has 0 saturated carbocycles. The molecule has 0 fully saturated rings. The van der Waals surface area contributed by atoms with Crippen LogP contribution in [0.1, 0.15) is 19.8 Å². The summed E-state index contributed by atoms with van der Waals surface area (Å²) < 4.78 is 0. The summed E-state index contributed by atoms with van der Waals surface area (Å²) in [5.41, 5.74) is 0. The summed E-state index contributed by atoms with van der Waals surface area (Å²) in [6, 6.07) is 0. The first-order valence-electron chi connectivity index (χ1n) is 3.10. The molecule has 0 aliphatic heterocycles. The predicted octanol–water partition coefficient (Wildman–Crippen LogP) is 1.68. The molecule has 0 aliphatic carbocycles. The van der Waals surface area contributed by atoms with E-state index in [1.807, 2.05) is 12.2 Å². The fourth-order valence-corrected chi connectivity index (χ4v) is 0.449. The fraction of sp³-hybridized carbons (Fsp3) is 0.571. The van der Waals surface area contributed by atoms with Crippen molar-refractivity contribution in [2.75, 3.05) is 6.54 Å². The van der Waals surface area contributed by atoms with Gasteiger partial charge in [0.05, 0.1) is 6.54 Å². The van der Waals surface area contributed by atoms with Crippen molar-refractivity contribution in [2.45, 2.75) is 19.8 Å². The van der Waals surface area contributed by atoms with Crippen LogP contribution in [0.3, 0.4) is 0 Å². The number of carbonyl (C=O) groups excluding carboxylic acids is 1. The number of nitrogens with zero attached hydrogens (tertiary/aromatic N) is 1. The molecule has 0 aromatic rings. The molecule has 0 saturated heterocycles. The number of unbranched alkanes of at least 4 members (excludes halogenated alkanes) is 1. The molecule has 2 nitrogen and oxygen atoms in total. The van der Waals surface area contributed by atoms with Gasteiger partial charge in [-0.3, -0.25) is 0 Å². The largest absolute Gasteiger partial charge is 0.235 e. The van der Waals surface area contributed by atoms with E-state index >= 15 is 0 Å². The highest BCUT2D eigenvalue weighted by molar-refractivity contribution is 5.33. The number of isocyanates is 1. The number of hydrogen-bond donors (Lipinski definition) is 0. The number of allylic oxidation sites excluding steroid dienone is 1. The number of aliphatic imine (C=N–C) groups is 1. The van der Waals surface area contributed by atoms with E-state index in [9.17, 15) is 4.79 Å². The molecule has 0 atom stereocenters. The van der Waals surface area contributed by atoms with Gasteiger partial charge in [-0.15, -0.1) is 0 Å². The molecule has 0 unspecified atom stereocenters. The average molecular weight is 125 g/mol. The van der Waals surface area contributed by atoms with Crippen molar-refractivity contribution in [3.63, 3.8) is 0 Å². The highest BCUT2D eigenvalue weighted by Crippen LogP contribution is 1.87. The summed E-state index contributed by atoms with van der Waals surface area (Å²) in [5, 5.41) is 0. The first kappa shape index (κ1) is 8.12. The monoisotopic (exact) mass is 125 g/mol. The maximum Gasteiger partial charge on any atom is 0.235 e. The highest BCUT2D eigenvalue weighted by Gasteiger charge is 1.71. The molecule has 0 rings (SSSR count). The fourth-order valence-electron chi connectivity index (χ4n) is 0.449. The predicted molar refractivity (Wildman–Crippen MR) is 37.0 cm³/mol.